The largest absolute Gasteiger partial charge is 0.342 e. The Morgan fingerprint density at radius 2 is 2.24 bits per heavy atom. The second-order valence-corrected chi connectivity index (χ2v) is 4.20. The van der Waals surface area contributed by atoms with E-state index in [9.17, 15) is 4.39 Å². The van der Waals surface area contributed by atoms with Gasteiger partial charge >= 0.3 is 0 Å². The second-order valence-electron chi connectivity index (χ2n) is 3.79. The molecule has 0 spiro atoms. The number of H-pyrrole nitrogens is 1. The maximum Gasteiger partial charge on any atom is 0.142 e. The smallest absolute Gasteiger partial charge is 0.142 e. The van der Waals surface area contributed by atoms with Crippen LogP contribution in [0.4, 0.5) is 4.39 Å². The van der Waals surface area contributed by atoms with E-state index in [1.807, 2.05) is 6.92 Å². The van der Waals surface area contributed by atoms with E-state index in [1.165, 1.54) is 6.07 Å². The molecule has 0 saturated carbocycles. The molecule has 5 heteroatoms. The highest BCUT2D eigenvalue weighted by molar-refractivity contribution is 6.33. The Balaban J connectivity index is 2.50. The monoisotopic (exact) mass is 253 g/mol. The summed E-state index contributed by atoms with van der Waals surface area (Å²) in [5.41, 5.74) is 7.53. The van der Waals surface area contributed by atoms with Crippen molar-refractivity contribution >= 4 is 11.6 Å². The quantitative estimate of drug-likeness (QED) is 0.884. The van der Waals surface area contributed by atoms with Crippen LogP contribution in [0.5, 0.6) is 0 Å². The van der Waals surface area contributed by atoms with Gasteiger partial charge in [0.1, 0.15) is 11.6 Å². The highest BCUT2D eigenvalue weighted by atomic mass is 35.5. The van der Waals surface area contributed by atoms with Crippen LogP contribution in [0.25, 0.3) is 11.4 Å². The molecule has 0 fully saturated rings. The number of benzene rings is 1. The van der Waals surface area contributed by atoms with Crippen molar-refractivity contribution in [3.05, 3.63) is 40.4 Å². The molecular formula is C12H13ClFN3. The Hall–Kier alpha value is -1.39. The van der Waals surface area contributed by atoms with E-state index in [-0.39, 0.29) is 5.82 Å². The van der Waals surface area contributed by atoms with Gasteiger partial charge in [0.05, 0.1) is 16.3 Å². The van der Waals surface area contributed by atoms with E-state index >= 15 is 0 Å². The summed E-state index contributed by atoms with van der Waals surface area (Å²) < 4.78 is 13.7. The third-order valence-electron chi connectivity index (χ3n) is 2.57. The van der Waals surface area contributed by atoms with E-state index in [0.717, 1.165) is 11.4 Å². The molecule has 0 radical (unpaired) electrons. The van der Waals surface area contributed by atoms with Gasteiger partial charge in [0, 0.05) is 12.1 Å². The number of nitrogens with one attached hydrogen (secondary N) is 1. The van der Waals surface area contributed by atoms with Gasteiger partial charge < -0.3 is 10.7 Å². The van der Waals surface area contributed by atoms with Crippen molar-refractivity contribution in [1.82, 2.24) is 9.97 Å². The van der Waals surface area contributed by atoms with E-state index in [0.29, 0.717) is 29.4 Å². The minimum atomic E-state index is -0.384. The highest BCUT2D eigenvalue weighted by Crippen LogP contribution is 2.29. The minimum Gasteiger partial charge on any atom is -0.342 e. The molecule has 0 aliphatic carbocycles. The first kappa shape index (κ1) is 12.1. The molecule has 0 bridgehead atoms. The molecule has 3 nitrogen and oxygen atoms in total. The van der Waals surface area contributed by atoms with Crippen molar-refractivity contribution in [3.63, 3.8) is 0 Å². The van der Waals surface area contributed by atoms with Crippen LogP contribution >= 0.6 is 11.6 Å². The molecule has 0 aliphatic heterocycles. The number of nitrogens with two attached hydrogens (primary N) is 1. The number of hydrogen-bond donors (Lipinski definition) is 2. The fourth-order valence-electron chi connectivity index (χ4n) is 1.72. The van der Waals surface area contributed by atoms with Crippen LogP contribution in [0.15, 0.2) is 18.2 Å². The van der Waals surface area contributed by atoms with E-state index in [2.05, 4.69) is 9.97 Å². The zero-order valence-corrected chi connectivity index (χ0v) is 10.2. The first-order chi connectivity index (χ1) is 8.13. The van der Waals surface area contributed by atoms with Crippen LogP contribution in [-0.2, 0) is 6.42 Å². The maximum atomic E-state index is 13.7. The fraction of sp³-hybridized carbons (Fsp3) is 0.250. The summed E-state index contributed by atoms with van der Waals surface area (Å²) in [6.45, 7) is 2.40. The third kappa shape index (κ3) is 2.33. The fourth-order valence-corrected chi connectivity index (χ4v) is 1.97. The predicted octanol–water partition coefficient (Wildman–Crippen LogP) is 2.68. The van der Waals surface area contributed by atoms with Crippen molar-refractivity contribution in [3.8, 4) is 11.4 Å². The topological polar surface area (TPSA) is 54.7 Å². The SMILES string of the molecule is Cc1[nH]c(-c2c(F)cccc2Cl)nc1CCN. The summed E-state index contributed by atoms with van der Waals surface area (Å²) in [5.74, 6) is 0.0691. The third-order valence-corrected chi connectivity index (χ3v) is 2.88. The van der Waals surface area contributed by atoms with Crippen molar-refractivity contribution in [1.29, 1.82) is 0 Å². The molecule has 1 aromatic heterocycles. The molecule has 90 valence electrons. The number of aryl methyl sites for hydroxylation is 1. The molecule has 0 amide bonds. The Morgan fingerprint density at radius 3 is 2.88 bits per heavy atom. The number of imidazole rings is 1. The van der Waals surface area contributed by atoms with Crippen molar-refractivity contribution < 1.29 is 4.39 Å². The van der Waals surface area contributed by atoms with Crippen molar-refractivity contribution in [2.75, 3.05) is 6.54 Å². The normalized spacial score (nSPS) is 10.8. The molecule has 17 heavy (non-hydrogen) atoms. The number of hydrogen-bond acceptors (Lipinski definition) is 2. The average molecular weight is 254 g/mol. The van der Waals surface area contributed by atoms with E-state index in [4.69, 9.17) is 17.3 Å². The number of nitrogens with zero attached hydrogens (tertiary/aromatic N) is 1. The molecule has 0 saturated heterocycles. The Bertz CT molecular complexity index is 516. The van der Waals surface area contributed by atoms with Crippen molar-refractivity contribution in [2.24, 2.45) is 5.73 Å². The molecule has 0 unspecified atom stereocenters. The molecular weight excluding hydrogens is 241 g/mol. The van der Waals surface area contributed by atoms with Gasteiger partial charge in [-0.1, -0.05) is 17.7 Å². The van der Waals surface area contributed by atoms with Crippen LogP contribution in [0.1, 0.15) is 11.4 Å². The maximum absolute atomic E-state index is 13.7. The summed E-state index contributed by atoms with van der Waals surface area (Å²) >= 11 is 5.98. The van der Waals surface area contributed by atoms with Crippen LogP contribution in [-0.4, -0.2) is 16.5 Å². The summed E-state index contributed by atoms with van der Waals surface area (Å²) in [4.78, 5) is 7.37. The standard InChI is InChI=1S/C12H13ClFN3/c1-7-10(5-6-15)17-12(16-7)11-8(13)3-2-4-9(11)14/h2-4H,5-6,15H2,1H3,(H,16,17). The van der Waals surface area contributed by atoms with E-state index in [1.54, 1.807) is 12.1 Å². The highest BCUT2D eigenvalue weighted by Gasteiger charge is 2.14. The first-order valence-corrected chi connectivity index (χ1v) is 5.71. The van der Waals surface area contributed by atoms with Gasteiger partial charge in [-0.2, -0.15) is 0 Å². The number of aromatic nitrogens is 2. The Kier molecular flexibility index (Phi) is 3.45. The summed E-state index contributed by atoms with van der Waals surface area (Å²) in [6, 6.07) is 4.57. The van der Waals surface area contributed by atoms with E-state index < -0.39 is 0 Å². The van der Waals surface area contributed by atoms with Crippen molar-refractivity contribution in [2.45, 2.75) is 13.3 Å². The number of halogens is 2. The Morgan fingerprint density at radius 1 is 1.47 bits per heavy atom. The van der Waals surface area contributed by atoms with Gasteiger partial charge in [0.25, 0.3) is 0 Å². The van der Waals surface area contributed by atoms with Crippen LogP contribution < -0.4 is 5.73 Å². The molecule has 2 rings (SSSR count). The van der Waals surface area contributed by atoms with Gasteiger partial charge in [-0.25, -0.2) is 9.37 Å². The summed E-state index contributed by atoms with van der Waals surface area (Å²) in [6.07, 6.45) is 0.661. The zero-order chi connectivity index (χ0) is 12.4. The van der Waals surface area contributed by atoms with Crippen LogP contribution in [0.3, 0.4) is 0 Å². The molecule has 2 aromatic rings. The van der Waals surface area contributed by atoms with Gasteiger partial charge in [-0.3, -0.25) is 0 Å². The molecule has 3 N–H and O–H groups in total. The molecule has 1 aromatic carbocycles. The zero-order valence-electron chi connectivity index (χ0n) is 9.43. The number of rotatable bonds is 3. The molecule has 0 atom stereocenters. The lowest BCUT2D eigenvalue weighted by molar-refractivity contribution is 0.630. The first-order valence-electron chi connectivity index (χ1n) is 5.33. The van der Waals surface area contributed by atoms with Gasteiger partial charge in [0.2, 0.25) is 0 Å². The average Bonchev–Trinajstić information content (AvgIpc) is 2.60. The van der Waals surface area contributed by atoms with Gasteiger partial charge in [-0.05, 0) is 25.6 Å². The number of aromatic amines is 1. The Labute approximate surface area is 104 Å². The van der Waals surface area contributed by atoms with Gasteiger partial charge in [0.15, 0.2) is 0 Å². The molecule has 1 heterocycles. The van der Waals surface area contributed by atoms with Crippen LogP contribution in [0.2, 0.25) is 5.02 Å². The molecule has 0 aliphatic rings. The predicted molar refractivity (Wildman–Crippen MR) is 66.5 cm³/mol. The lowest BCUT2D eigenvalue weighted by Gasteiger charge is -2.01. The second kappa shape index (κ2) is 4.85. The lowest BCUT2D eigenvalue weighted by atomic mass is 10.2. The van der Waals surface area contributed by atoms with Crippen LogP contribution in [0, 0.1) is 12.7 Å². The van der Waals surface area contributed by atoms with Gasteiger partial charge in [-0.15, -0.1) is 0 Å². The minimum absolute atomic E-state index is 0.306. The summed E-state index contributed by atoms with van der Waals surface area (Å²) in [5, 5.41) is 0.345. The summed E-state index contributed by atoms with van der Waals surface area (Å²) in [7, 11) is 0. The lowest BCUT2D eigenvalue weighted by Crippen LogP contribution is -2.03.